The van der Waals surface area contributed by atoms with Crippen LogP contribution in [0.25, 0.3) is 0 Å². The van der Waals surface area contributed by atoms with Crippen LogP contribution in [0.2, 0.25) is 5.02 Å². The topological polar surface area (TPSA) is 55.1 Å². The van der Waals surface area contributed by atoms with Crippen molar-refractivity contribution in [3.8, 4) is 0 Å². The molecular weight excluding hydrogens is 300 g/mol. The molecule has 2 rings (SSSR count). The number of benzene rings is 1. The Kier molecular flexibility index (Phi) is 5.24. The number of aryl methyl sites for hydroxylation is 2. The normalized spacial score (nSPS) is 12.5. The third kappa shape index (κ3) is 3.89. The number of carbonyl (C=O) groups is 1. The molecule has 1 aromatic carbocycles. The monoisotopic (exact) mass is 320 g/mol. The molecule has 1 N–H and O–H groups in total. The van der Waals surface area contributed by atoms with Gasteiger partial charge < -0.3 is 9.73 Å². The molecule has 4 nitrogen and oxygen atoms in total. The second kappa shape index (κ2) is 6.97. The molecule has 1 atom stereocenters. The summed E-state index contributed by atoms with van der Waals surface area (Å²) in [4.78, 5) is 16.8. The quantitative estimate of drug-likeness (QED) is 0.906. The second-order valence-electron chi connectivity index (χ2n) is 5.74. The number of nitrogens with one attached hydrogen (secondary N) is 1. The number of carbonyl (C=O) groups excluding carboxylic acids is 1. The zero-order valence-electron chi connectivity index (χ0n) is 13.3. The smallest absolute Gasteiger partial charge is 0.228 e. The molecule has 0 aliphatic heterocycles. The standard InChI is InChI=1S/C17H21ClN2O2/c1-10(2)16(13-6-5-7-14(18)8-13)17(21)19-9-15-20-11(3)12(4)22-15/h5-8,10,16H,9H2,1-4H3,(H,19,21). The lowest BCUT2D eigenvalue weighted by molar-refractivity contribution is -0.123. The molecule has 0 saturated heterocycles. The molecule has 118 valence electrons. The molecule has 1 unspecified atom stereocenters. The molecule has 0 spiro atoms. The maximum Gasteiger partial charge on any atom is 0.228 e. The first-order valence-corrected chi connectivity index (χ1v) is 7.72. The van der Waals surface area contributed by atoms with Gasteiger partial charge in [-0.05, 0) is 37.5 Å². The van der Waals surface area contributed by atoms with Crippen LogP contribution in [0.3, 0.4) is 0 Å². The van der Waals surface area contributed by atoms with Gasteiger partial charge in [-0.25, -0.2) is 4.98 Å². The van der Waals surface area contributed by atoms with E-state index in [1.807, 2.05) is 45.9 Å². The highest BCUT2D eigenvalue weighted by Gasteiger charge is 2.24. The number of nitrogens with zero attached hydrogens (tertiary/aromatic N) is 1. The Bertz CT molecular complexity index is 645. The number of hydrogen-bond acceptors (Lipinski definition) is 3. The van der Waals surface area contributed by atoms with Crippen LogP contribution in [0.4, 0.5) is 0 Å². The average molecular weight is 321 g/mol. The maximum absolute atomic E-state index is 12.5. The van der Waals surface area contributed by atoms with Gasteiger partial charge in [-0.1, -0.05) is 37.6 Å². The van der Waals surface area contributed by atoms with Gasteiger partial charge in [0.2, 0.25) is 11.8 Å². The molecule has 22 heavy (non-hydrogen) atoms. The van der Waals surface area contributed by atoms with E-state index in [-0.39, 0.29) is 24.3 Å². The van der Waals surface area contributed by atoms with Gasteiger partial charge in [-0.3, -0.25) is 4.79 Å². The summed E-state index contributed by atoms with van der Waals surface area (Å²) in [7, 11) is 0. The Balaban J connectivity index is 2.10. The highest BCUT2D eigenvalue weighted by molar-refractivity contribution is 6.30. The number of amides is 1. The summed E-state index contributed by atoms with van der Waals surface area (Å²) >= 11 is 6.03. The molecule has 1 amide bonds. The van der Waals surface area contributed by atoms with Crippen molar-refractivity contribution in [2.75, 3.05) is 0 Å². The number of halogens is 1. The van der Waals surface area contributed by atoms with Crippen molar-refractivity contribution in [1.29, 1.82) is 0 Å². The van der Waals surface area contributed by atoms with Crippen LogP contribution in [0.15, 0.2) is 28.7 Å². The van der Waals surface area contributed by atoms with Crippen LogP contribution < -0.4 is 5.32 Å². The van der Waals surface area contributed by atoms with Crippen LogP contribution in [-0.2, 0) is 11.3 Å². The number of rotatable bonds is 5. The maximum atomic E-state index is 12.5. The third-order valence-corrected chi connectivity index (χ3v) is 3.88. The van der Waals surface area contributed by atoms with E-state index >= 15 is 0 Å². The highest BCUT2D eigenvalue weighted by atomic mass is 35.5. The molecule has 0 radical (unpaired) electrons. The molecule has 5 heteroatoms. The van der Waals surface area contributed by atoms with E-state index < -0.39 is 0 Å². The summed E-state index contributed by atoms with van der Waals surface area (Å²) in [6.07, 6.45) is 0. The van der Waals surface area contributed by atoms with E-state index in [2.05, 4.69) is 10.3 Å². The van der Waals surface area contributed by atoms with Crippen LogP contribution in [0, 0.1) is 19.8 Å². The van der Waals surface area contributed by atoms with E-state index in [1.165, 1.54) is 0 Å². The van der Waals surface area contributed by atoms with Gasteiger partial charge in [0.05, 0.1) is 18.2 Å². The fourth-order valence-electron chi connectivity index (χ4n) is 2.43. The van der Waals surface area contributed by atoms with Gasteiger partial charge in [0.1, 0.15) is 5.76 Å². The number of oxazole rings is 1. The van der Waals surface area contributed by atoms with Gasteiger partial charge in [-0.2, -0.15) is 0 Å². The predicted molar refractivity (Wildman–Crippen MR) is 86.9 cm³/mol. The first kappa shape index (κ1) is 16.6. The Hall–Kier alpha value is -1.81. The lowest BCUT2D eigenvalue weighted by atomic mass is 9.87. The summed E-state index contributed by atoms with van der Waals surface area (Å²) in [6, 6.07) is 7.43. The first-order chi connectivity index (χ1) is 10.4. The molecule has 0 bridgehead atoms. The molecular formula is C17H21ClN2O2. The minimum Gasteiger partial charge on any atom is -0.444 e. The van der Waals surface area contributed by atoms with Crippen molar-refractivity contribution in [3.05, 3.63) is 52.2 Å². The van der Waals surface area contributed by atoms with Crippen molar-refractivity contribution in [2.45, 2.75) is 40.2 Å². The van der Waals surface area contributed by atoms with Crippen molar-refractivity contribution >= 4 is 17.5 Å². The van der Waals surface area contributed by atoms with Gasteiger partial charge >= 0.3 is 0 Å². The lowest BCUT2D eigenvalue weighted by Crippen LogP contribution is -2.31. The van der Waals surface area contributed by atoms with Crippen LogP contribution in [-0.4, -0.2) is 10.9 Å². The van der Waals surface area contributed by atoms with Crippen molar-refractivity contribution in [1.82, 2.24) is 10.3 Å². The van der Waals surface area contributed by atoms with Gasteiger partial charge in [0.15, 0.2) is 0 Å². The molecule has 0 saturated carbocycles. The fraction of sp³-hybridized carbons (Fsp3) is 0.412. The summed E-state index contributed by atoms with van der Waals surface area (Å²) in [5, 5.41) is 3.53. The Morgan fingerprint density at radius 3 is 2.64 bits per heavy atom. The summed E-state index contributed by atoms with van der Waals surface area (Å²) in [5.41, 5.74) is 1.76. The molecule has 0 aliphatic carbocycles. The zero-order valence-corrected chi connectivity index (χ0v) is 14.1. The van der Waals surface area contributed by atoms with E-state index in [4.69, 9.17) is 16.0 Å². The summed E-state index contributed by atoms with van der Waals surface area (Å²) in [6.45, 7) is 8.07. The van der Waals surface area contributed by atoms with E-state index in [9.17, 15) is 4.79 Å². The minimum atomic E-state index is -0.254. The Morgan fingerprint density at radius 2 is 2.09 bits per heavy atom. The van der Waals surface area contributed by atoms with Crippen molar-refractivity contribution in [3.63, 3.8) is 0 Å². The van der Waals surface area contributed by atoms with Crippen molar-refractivity contribution < 1.29 is 9.21 Å². The van der Waals surface area contributed by atoms with Crippen LogP contribution >= 0.6 is 11.6 Å². The number of aromatic nitrogens is 1. The van der Waals surface area contributed by atoms with Gasteiger partial charge in [0.25, 0.3) is 0 Å². The molecule has 1 aromatic heterocycles. The van der Waals surface area contributed by atoms with Crippen molar-refractivity contribution in [2.24, 2.45) is 5.92 Å². The van der Waals surface area contributed by atoms with E-state index in [0.29, 0.717) is 10.9 Å². The second-order valence-corrected chi connectivity index (χ2v) is 6.18. The van der Waals surface area contributed by atoms with Crippen LogP contribution in [0.5, 0.6) is 0 Å². The van der Waals surface area contributed by atoms with E-state index in [1.54, 1.807) is 6.07 Å². The SMILES string of the molecule is Cc1nc(CNC(=O)C(c2cccc(Cl)c2)C(C)C)oc1C. The first-order valence-electron chi connectivity index (χ1n) is 7.34. The molecule has 1 heterocycles. The molecule has 2 aromatic rings. The van der Waals surface area contributed by atoms with E-state index in [0.717, 1.165) is 17.0 Å². The predicted octanol–water partition coefficient (Wildman–Crippen LogP) is 4.00. The summed E-state index contributed by atoms with van der Waals surface area (Å²) < 4.78 is 5.48. The molecule has 0 aliphatic rings. The molecule has 0 fully saturated rings. The number of hydrogen-bond donors (Lipinski definition) is 1. The highest BCUT2D eigenvalue weighted by Crippen LogP contribution is 2.26. The average Bonchev–Trinajstić information content (AvgIpc) is 2.75. The lowest BCUT2D eigenvalue weighted by Gasteiger charge is -2.20. The van der Waals surface area contributed by atoms with Gasteiger partial charge in [0, 0.05) is 5.02 Å². The Labute approximate surface area is 135 Å². The fourth-order valence-corrected chi connectivity index (χ4v) is 2.63. The minimum absolute atomic E-state index is 0.0502. The largest absolute Gasteiger partial charge is 0.444 e. The summed E-state index contributed by atoms with van der Waals surface area (Å²) in [5.74, 6) is 1.16. The van der Waals surface area contributed by atoms with Gasteiger partial charge in [-0.15, -0.1) is 0 Å². The van der Waals surface area contributed by atoms with Crippen LogP contribution in [0.1, 0.15) is 42.7 Å². The zero-order chi connectivity index (χ0) is 16.3. The Morgan fingerprint density at radius 1 is 1.36 bits per heavy atom. The third-order valence-electron chi connectivity index (χ3n) is 3.64.